The van der Waals surface area contributed by atoms with E-state index >= 15 is 0 Å². The number of aryl methyl sites for hydroxylation is 2. The van der Waals surface area contributed by atoms with Crippen LogP contribution in [0.15, 0.2) is 23.2 Å². The van der Waals surface area contributed by atoms with E-state index in [4.69, 9.17) is 14.5 Å². The van der Waals surface area contributed by atoms with Gasteiger partial charge in [0, 0.05) is 31.7 Å². The molecule has 2 saturated heterocycles. The molecule has 25 heavy (non-hydrogen) atoms. The summed E-state index contributed by atoms with van der Waals surface area (Å²) in [6.45, 7) is 12.4. The minimum atomic E-state index is 0.353. The van der Waals surface area contributed by atoms with E-state index in [2.05, 4.69) is 49.2 Å². The first kappa shape index (κ1) is 18.1. The first-order valence-corrected chi connectivity index (χ1v) is 9.42. The standard InChI is InChI=1S/C20H31N3O2/c1-4-21-19(23-8-5-20(14-23)6-9-24-15-20)22-7-10-25-18-12-16(2)11-17(3)13-18/h11-13H,4-10,14-15H2,1-3H3,(H,21,22). The summed E-state index contributed by atoms with van der Waals surface area (Å²) in [4.78, 5) is 7.16. The summed E-state index contributed by atoms with van der Waals surface area (Å²) in [6, 6.07) is 6.31. The van der Waals surface area contributed by atoms with E-state index in [1.54, 1.807) is 0 Å². The Morgan fingerprint density at radius 1 is 1.28 bits per heavy atom. The monoisotopic (exact) mass is 345 g/mol. The van der Waals surface area contributed by atoms with Crippen LogP contribution in [0.4, 0.5) is 0 Å². The van der Waals surface area contributed by atoms with E-state index in [1.807, 2.05) is 0 Å². The number of guanidine groups is 1. The highest BCUT2D eigenvalue weighted by molar-refractivity contribution is 5.80. The van der Waals surface area contributed by atoms with E-state index in [-0.39, 0.29) is 0 Å². The van der Waals surface area contributed by atoms with E-state index in [9.17, 15) is 0 Å². The van der Waals surface area contributed by atoms with Crippen molar-refractivity contribution in [3.05, 3.63) is 29.3 Å². The van der Waals surface area contributed by atoms with Crippen molar-refractivity contribution in [1.82, 2.24) is 10.2 Å². The Morgan fingerprint density at radius 3 is 2.76 bits per heavy atom. The zero-order valence-corrected chi connectivity index (χ0v) is 15.8. The molecule has 1 spiro atoms. The Hall–Kier alpha value is -1.75. The highest BCUT2D eigenvalue weighted by Gasteiger charge is 2.42. The lowest BCUT2D eigenvalue weighted by molar-refractivity contribution is 0.156. The van der Waals surface area contributed by atoms with Gasteiger partial charge in [-0.25, -0.2) is 4.99 Å². The van der Waals surface area contributed by atoms with Gasteiger partial charge in [-0.05, 0) is 56.9 Å². The van der Waals surface area contributed by atoms with Crippen molar-refractivity contribution >= 4 is 5.96 Å². The maximum Gasteiger partial charge on any atom is 0.194 e. The van der Waals surface area contributed by atoms with Crippen LogP contribution in [0.5, 0.6) is 5.75 Å². The number of aliphatic imine (C=N–C) groups is 1. The van der Waals surface area contributed by atoms with Crippen molar-refractivity contribution in [2.24, 2.45) is 10.4 Å². The quantitative estimate of drug-likeness (QED) is 0.506. The predicted octanol–water partition coefficient (Wildman–Crippen LogP) is 2.76. The second-order valence-electron chi connectivity index (χ2n) is 7.38. The molecule has 1 aromatic rings. The van der Waals surface area contributed by atoms with Crippen LogP contribution in [0.1, 0.15) is 30.9 Å². The predicted molar refractivity (Wildman–Crippen MR) is 101 cm³/mol. The summed E-state index contributed by atoms with van der Waals surface area (Å²) >= 11 is 0. The molecule has 5 nitrogen and oxygen atoms in total. The molecule has 0 aromatic heterocycles. The van der Waals surface area contributed by atoms with E-state index in [0.717, 1.165) is 44.6 Å². The largest absolute Gasteiger partial charge is 0.492 e. The van der Waals surface area contributed by atoms with Gasteiger partial charge in [0.2, 0.25) is 0 Å². The van der Waals surface area contributed by atoms with Crippen molar-refractivity contribution < 1.29 is 9.47 Å². The third-order valence-corrected chi connectivity index (χ3v) is 5.07. The minimum Gasteiger partial charge on any atom is -0.492 e. The number of rotatable bonds is 5. The number of hydrogen-bond donors (Lipinski definition) is 1. The van der Waals surface area contributed by atoms with Gasteiger partial charge in [-0.15, -0.1) is 0 Å². The van der Waals surface area contributed by atoms with Gasteiger partial charge in [0.15, 0.2) is 5.96 Å². The molecule has 0 aliphatic carbocycles. The third kappa shape index (κ3) is 4.66. The normalized spacial score (nSPS) is 23.5. The van der Waals surface area contributed by atoms with Crippen LogP contribution in [0, 0.1) is 19.3 Å². The highest BCUT2D eigenvalue weighted by Crippen LogP contribution is 2.38. The van der Waals surface area contributed by atoms with Crippen LogP contribution in [-0.4, -0.2) is 56.9 Å². The van der Waals surface area contributed by atoms with E-state index < -0.39 is 0 Å². The minimum absolute atomic E-state index is 0.353. The van der Waals surface area contributed by atoms with Crippen molar-refractivity contribution in [1.29, 1.82) is 0 Å². The molecule has 0 amide bonds. The Labute approximate surface area is 151 Å². The third-order valence-electron chi connectivity index (χ3n) is 5.07. The zero-order chi connectivity index (χ0) is 17.7. The number of ether oxygens (including phenoxy) is 2. The van der Waals surface area contributed by atoms with Crippen molar-refractivity contribution in [3.63, 3.8) is 0 Å². The fraction of sp³-hybridized carbons (Fsp3) is 0.650. The fourth-order valence-electron chi connectivity index (χ4n) is 3.84. The molecule has 0 radical (unpaired) electrons. The fourth-order valence-corrected chi connectivity index (χ4v) is 3.84. The molecule has 1 unspecified atom stereocenters. The lowest BCUT2D eigenvalue weighted by Crippen LogP contribution is -2.41. The van der Waals surface area contributed by atoms with Crippen molar-refractivity contribution in [2.75, 3.05) is 46.0 Å². The average molecular weight is 345 g/mol. The SMILES string of the molecule is CCNC(=NCCOc1cc(C)cc(C)c1)N1CCC2(CCOC2)C1. The van der Waals surface area contributed by atoms with Crippen LogP contribution >= 0.6 is 0 Å². The maximum atomic E-state index is 5.88. The van der Waals surface area contributed by atoms with Crippen LogP contribution in [0.25, 0.3) is 0 Å². The van der Waals surface area contributed by atoms with Gasteiger partial charge in [-0.1, -0.05) is 6.07 Å². The second-order valence-corrected chi connectivity index (χ2v) is 7.38. The molecule has 3 rings (SSSR count). The molecular formula is C20H31N3O2. The smallest absolute Gasteiger partial charge is 0.194 e. The molecular weight excluding hydrogens is 314 g/mol. The number of nitrogens with one attached hydrogen (secondary N) is 1. The summed E-state index contributed by atoms with van der Waals surface area (Å²) in [6.07, 6.45) is 2.38. The molecule has 2 aliphatic heterocycles. The van der Waals surface area contributed by atoms with Gasteiger partial charge in [0.05, 0.1) is 13.2 Å². The van der Waals surface area contributed by atoms with Gasteiger partial charge in [-0.2, -0.15) is 0 Å². The molecule has 5 heteroatoms. The van der Waals surface area contributed by atoms with Crippen LogP contribution in [0.3, 0.4) is 0 Å². The lowest BCUT2D eigenvalue weighted by Gasteiger charge is -2.25. The number of hydrogen-bond acceptors (Lipinski definition) is 3. The lowest BCUT2D eigenvalue weighted by atomic mass is 9.87. The van der Waals surface area contributed by atoms with Gasteiger partial charge >= 0.3 is 0 Å². The van der Waals surface area contributed by atoms with Gasteiger partial charge < -0.3 is 19.7 Å². The molecule has 138 valence electrons. The Kier molecular flexibility index (Phi) is 5.84. The summed E-state index contributed by atoms with van der Waals surface area (Å²) in [5, 5.41) is 3.43. The molecule has 1 atom stereocenters. The molecule has 2 fully saturated rings. The van der Waals surface area contributed by atoms with Crippen LogP contribution in [-0.2, 0) is 4.74 Å². The average Bonchev–Trinajstić information content (AvgIpc) is 3.20. The van der Waals surface area contributed by atoms with E-state index in [0.29, 0.717) is 18.6 Å². The van der Waals surface area contributed by atoms with Crippen molar-refractivity contribution in [3.8, 4) is 5.75 Å². The molecule has 1 N–H and O–H groups in total. The maximum absolute atomic E-state index is 5.88. The van der Waals surface area contributed by atoms with Gasteiger partial charge in [0.1, 0.15) is 12.4 Å². The second kappa shape index (κ2) is 8.09. The summed E-state index contributed by atoms with van der Waals surface area (Å²) in [5.41, 5.74) is 2.81. The highest BCUT2D eigenvalue weighted by atomic mass is 16.5. The number of nitrogens with zero attached hydrogens (tertiary/aromatic N) is 2. The number of likely N-dealkylation sites (tertiary alicyclic amines) is 1. The Balaban J connectivity index is 1.53. The topological polar surface area (TPSA) is 46.1 Å². The van der Waals surface area contributed by atoms with Gasteiger partial charge in [-0.3, -0.25) is 0 Å². The van der Waals surface area contributed by atoms with Crippen molar-refractivity contribution in [2.45, 2.75) is 33.6 Å². The Morgan fingerprint density at radius 2 is 2.08 bits per heavy atom. The molecule has 2 aliphatic rings. The molecule has 2 heterocycles. The molecule has 0 bridgehead atoms. The first-order valence-electron chi connectivity index (χ1n) is 9.42. The zero-order valence-electron chi connectivity index (χ0n) is 15.8. The first-order chi connectivity index (χ1) is 12.1. The summed E-state index contributed by atoms with van der Waals surface area (Å²) in [5.74, 6) is 1.94. The Bertz CT molecular complexity index is 589. The van der Waals surface area contributed by atoms with Gasteiger partial charge in [0.25, 0.3) is 0 Å². The van der Waals surface area contributed by atoms with Crippen LogP contribution in [0.2, 0.25) is 0 Å². The van der Waals surface area contributed by atoms with E-state index in [1.165, 1.54) is 24.0 Å². The molecule has 1 aromatic carbocycles. The number of benzene rings is 1. The summed E-state index contributed by atoms with van der Waals surface area (Å²) < 4.78 is 11.5. The van der Waals surface area contributed by atoms with Crippen LogP contribution < -0.4 is 10.1 Å². The molecule has 0 saturated carbocycles. The summed E-state index contributed by atoms with van der Waals surface area (Å²) in [7, 11) is 0.